The Morgan fingerprint density at radius 3 is 2.69 bits per heavy atom. The summed E-state index contributed by atoms with van der Waals surface area (Å²) in [5.41, 5.74) is 0. The standard InChI is InChI=1S/C11H24NO3P/c1-2-15-16(13,14)10-6-9-12-11-7-4-3-5-8-11/h11-12H,2-10H2,1H3,(H,13,14). The fraction of sp³-hybridized carbons (Fsp3) is 1.00. The highest BCUT2D eigenvalue weighted by Gasteiger charge is 2.18. The van der Waals surface area contributed by atoms with Crippen molar-refractivity contribution >= 4 is 7.60 Å². The Morgan fingerprint density at radius 1 is 1.38 bits per heavy atom. The Hall–Kier alpha value is 0.110. The SMILES string of the molecule is CCOP(=O)(O)CCCNC1CCCCC1. The van der Waals surface area contributed by atoms with E-state index in [1.165, 1.54) is 32.1 Å². The summed E-state index contributed by atoms with van der Waals surface area (Å²) < 4.78 is 16.2. The molecule has 1 fully saturated rings. The van der Waals surface area contributed by atoms with Crippen molar-refractivity contribution in [1.82, 2.24) is 5.32 Å². The van der Waals surface area contributed by atoms with E-state index in [1.54, 1.807) is 6.92 Å². The molecule has 2 N–H and O–H groups in total. The molecule has 1 atom stereocenters. The van der Waals surface area contributed by atoms with E-state index < -0.39 is 7.60 Å². The largest absolute Gasteiger partial charge is 0.328 e. The molecule has 0 aromatic heterocycles. The third-order valence-electron chi connectivity index (χ3n) is 2.99. The van der Waals surface area contributed by atoms with Crippen molar-refractivity contribution in [3.63, 3.8) is 0 Å². The van der Waals surface area contributed by atoms with Crippen molar-refractivity contribution in [3.05, 3.63) is 0 Å². The monoisotopic (exact) mass is 249 g/mol. The molecular formula is C11H24NO3P. The summed E-state index contributed by atoms with van der Waals surface area (Å²) in [6, 6.07) is 0.624. The van der Waals surface area contributed by atoms with Gasteiger partial charge in [-0.15, -0.1) is 0 Å². The lowest BCUT2D eigenvalue weighted by molar-refractivity contribution is 0.272. The predicted molar refractivity (Wildman–Crippen MR) is 65.8 cm³/mol. The molecule has 1 rings (SSSR count). The normalized spacial score (nSPS) is 21.9. The van der Waals surface area contributed by atoms with Gasteiger partial charge in [0.1, 0.15) is 0 Å². The first-order chi connectivity index (χ1) is 7.64. The molecule has 1 saturated carbocycles. The van der Waals surface area contributed by atoms with E-state index in [2.05, 4.69) is 5.32 Å². The minimum atomic E-state index is -3.30. The molecule has 16 heavy (non-hydrogen) atoms. The molecule has 1 aliphatic rings. The van der Waals surface area contributed by atoms with Gasteiger partial charge < -0.3 is 14.7 Å². The van der Waals surface area contributed by atoms with Crippen LogP contribution in [0.25, 0.3) is 0 Å². The first kappa shape index (κ1) is 14.2. The van der Waals surface area contributed by atoms with E-state index >= 15 is 0 Å². The Bertz CT molecular complexity index is 229. The van der Waals surface area contributed by atoms with E-state index in [4.69, 9.17) is 4.52 Å². The topological polar surface area (TPSA) is 58.6 Å². The minimum Gasteiger partial charge on any atom is -0.324 e. The number of nitrogens with one attached hydrogen (secondary N) is 1. The van der Waals surface area contributed by atoms with Gasteiger partial charge in [0, 0.05) is 6.04 Å². The summed E-state index contributed by atoms with van der Waals surface area (Å²) in [4.78, 5) is 9.36. The van der Waals surface area contributed by atoms with Gasteiger partial charge in [-0.25, -0.2) is 0 Å². The van der Waals surface area contributed by atoms with Crippen molar-refractivity contribution in [2.24, 2.45) is 0 Å². The van der Waals surface area contributed by atoms with Crippen LogP contribution in [0.4, 0.5) is 0 Å². The molecule has 1 aliphatic carbocycles. The van der Waals surface area contributed by atoms with Crippen LogP contribution in [0.1, 0.15) is 45.4 Å². The van der Waals surface area contributed by atoms with Crippen LogP contribution < -0.4 is 5.32 Å². The molecule has 1 unspecified atom stereocenters. The molecule has 4 nitrogen and oxygen atoms in total. The summed E-state index contributed by atoms with van der Waals surface area (Å²) in [5.74, 6) is 0. The van der Waals surface area contributed by atoms with Gasteiger partial charge in [0.2, 0.25) is 0 Å². The van der Waals surface area contributed by atoms with Crippen LogP contribution >= 0.6 is 7.60 Å². The van der Waals surface area contributed by atoms with Crippen LogP contribution in [0.5, 0.6) is 0 Å². The lowest BCUT2D eigenvalue weighted by Crippen LogP contribution is -2.32. The maximum absolute atomic E-state index is 11.4. The van der Waals surface area contributed by atoms with Crippen molar-refractivity contribution < 1.29 is 14.0 Å². The van der Waals surface area contributed by atoms with Gasteiger partial charge in [0.05, 0.1) is 12.8 Å². The predicted octanol–water partition coefficient (Wildman–Crippen LogP) is 2.52. The van der Waals surface area contributed by atoms with Crippen molar-refractivity contribution in [2.45, 2.75) is 51.5 Å². The third-order valence-corrected chi connectivity index (χ3v) is 4.53. The van der Waals surface area contributed by atoms with Crippen LogP contribution in [0.3, 0.4) is 0 Å². The van der Waals surface area contributed by atoms with Crippen LogP contribution in [-0.2, 0) is 9.09 Å². The average molecular weight is 249 g/mol. The molecule has 0 spiro atoms. The lowest BCUT2D eigenvalue weighted by atomic mass is 9.95. The number of hydrogen-bond acceptors (Lipinski definition) is 3. The molecule has 0 amide bonds. The van der Waals surface area contributed by atoms with Crippen LogP contribution in [0, 0.1) is 0 Å². The van der Waals surface area contributed by atoms with Gasteiger partial charge in [0.15, 0.2) is 0 Å². The molecule has 5 heteroatoms. The zero-order valence-corrected chi connectivity index (χ0v) is 11.0. The second-order valence-corrected chi connectivity index (χ2v) is 6.40. The molecular weight excluding hydrogens is 225 g/mol. The van der Waals surface area contributed by atoms with E-state index in [0.29, 0.717) is 19.1 Å². The van der Waals surface area contributed by atoms with Gasteiger partial charge in [-0.3, -0.25) is 4.57 Å². The van der Waals surface area contributed by atoms with Gasteiger partial charge in [-0.2, -0.15) is 0 Å². The fourth-order valence-corrected chi connectivity index (χ4v) is 3.25. The minimum absolute atomic E-state index is 0.264. The molecule has 96 valence electrons. The third kappa shape index (κ3) is 6.00. The summed E-state index contributed by atoms with van der Waals surface area (Å²) in [6.07, 6.45) is 7.47. The molecule has 0 radical (unpaired) electrons. The van der Waals surface area contributed by atoms with Gasteiger partial charge in [-0.05, 0) is 32.7 Å². The van der Waals surface area contributed by atoms with E-state index in [-0.39, 0.29) is 6.16 Å². The molecule has 0 aliphatic heterocycles. The van der Waals surface area contributed by atoms with Crippen LogP contribution in [0.15, 0.2) is 0 Å². The molecule has 0 aromatic carbocycles. The Balaban J connectivity index is 2.04. The maximum atomic E-state index is 11.4. The van der Waals surface area contributed by atoms with Gasteiger partial charge >= 0.3 is 7.60 Å². The van der Waals surface area contributed by atoms with Crippen LogP contribution in [-0.4, -0.2) is 30.2 Å². The summed E-state index contributed by atoms with van der Waals surface area (Å²) in [7, 11) is -3.30. The molecule has 0 bridgehead atoms. The summed E-state index contributed by atoms with van der Waals surface area (Å²) in [5, 5.41) is 3.45. The van der Waals surface area contributed by atoms with Crippen LogP contribution in [0.2, 0.25) is 0 Å². The fourth-order valence-electron chi connectivity index (χ4n) is 2.16. The molecule has 0 saturated heterocycles. The summed E-state index contributed by atoms with van der Waals surface area (Å²) in [6.45, 7) is 2.87. The van der Waals surface area contributed by atoms with Gasteiger partial charge in [-0.1, -0.05) is 19.3 Å². The van der Waals surface area contributed by atoms with E-state index in [1.807, 2.05) is 0 Å². The average Bonchev–Trinajstić information content (AvgIpc) is 2.26. The van der Waals surface area contributed by atoms with Crippen molar-refractivity contribution in [1.29, 1.82) is 0 Å². The second-order valence-electron chi connectivity index (χ2n) is 4.42. The number of hydrogen-bond donors (Lipinski definition) is 2. The highest BCUT2D eigenvalue weighted by molar-refractivity contribution is 7.52. The molecule has 0 aromatic rings. The Labute approximate surface area is 98.3 Å². The quantitative estimate of drug-likeness (QED) is 0.537. The van der Waals surface area contributed by atoms with E-state index in [9.17, 15) is 9.46 Å². The highest BCUT2D eigenvalue weighted by Crippen LogP contribution is 2.41. The van der Waals surface area contributed by atoms with Crippen molar-refractivity contribution in [3.8, 4) is 0 Å². The smallest absolute Gasteiger partial charge is 0.324 e. The zero-order valence-electron chi connectivity index (χ0n) is 10.2. The second kappa shape index (κ2) is 7.44. The first-order valence-corrected chi connectivity index (χ1v) is 8.10. The Morgan fingerprint density at radius 2 is 2.06 bits per heavy atom. The maximum Gasteiger partial charge on any atom is 0.328 e. The Kier molecular flexibility index (Phi) is 6.59. The highest BCUT2D eigenvalue weighted by atomic mass is 31.2. The lowest BCUT2D eigenvalue weighted by Gasteiger charge is -2.23. The zero-order chi connectivity index (χ0) is 11.9. The summed E-state index contributed by atoms with van der Waals surface area (Å²) >= 11 is 0. The molecule has 0 heterocycles. The van der Waals surface area contributed by atoms with E-state index in [0.717, 1.165) is 6.54 Å². The number of rotatable bonds is 7. The van der Waals surface area contributed by atoms with Gasteiger partial charge in [0.25, 0.3) is 0 Å². The van der Waals surface area contributed by atoms with Crippen molar-refractivity contribution in [2.75, 3.05) is 19.3 Å². The first-order valence-electron chi connectivity index (χ1n) is 6.34.